The molecule has 1 aliphatic carbocycles. The Morgan fingerprint density at radius 2 is 1.82 bits per heavy atom. The Balaban J connectivity index is 0.00000144. The Hall–Kier alpha value is 0.730. The molecular formula is C12H16ClI2NO. The molecule has 2 nitrogen and oxygen atoms in total. The Bertz CT molecular complexity index is 394. The van der Waals surface area contributed by atoms with E-state index in [1.54, 1.807) is 0 Å². The number of rotatable bonds is 2. The molecule has 1 aromatic rings. The van der Waals surface area contributed by atoms with Crippen LogP contribution in [0.4, 0.5) is 0 Å². The summed E-state index contributed by atoms with van der Waals surface area (Å²) in [6.45, 7) is 0. The number of phenols is 1. The number of phenolic OH excluding ortho intramolecular Hbond substituents is 1. The summed E-state index contributed by atoms with van der Waals surface area (Å²) in [6, 6.07) is 3.98. The van der Waals surface area contributed by atoms with Gasteiger partial charge in [0.15, 0.2) is 0 Å². The normalized spacial score (nSPS) is 17.8. The van der Waals surface area contributed by atoms with E-state index in [2.05, 4.69) is 45.2 Å². The summed E-state index contributed by atoms with van der Waals surface area (Å²) in [5.41, 5.74) is 7.19. The fraction of sp³-hybridized carbons (Fsp3) is 0.500. The van der Waals surface area contributed by atoms with Crippen molar-refractivity contribution in [3.8, 4) is 5.75 Å². The quantitative estimate of drug-likeness (QED) is 0.625. The molecule has 1 aliphatic rings. The van der Waals surface area contributed by atoms with Gasteiger partial charge in [0, 0.05) is 15.2 Å². The van der Waals surface area contributed by atoms with Gasteiger partial charge in [-0.05, 0) is 76.1 Å². The van der Waals surface area contributed by atoms with Gasteiger partial charge in [0.1, 0.15) is 5.75 Å². The highest BCUT2D eigenvalue weighted by molar-refractivity contribution is 14.1. The lowest BCUT2D eigenvalue weighted by Gasteiger charge is -2.21. The SMILES string of the molecule is Cl.N[C@@H](c1cc(I)cc(I)c1O)C1CCCC1. The monoisotopic (exact) mass is 479 g/mol. The maximum atomic E-state index is 10.1. The Labute approximate surface area is 135 Å². The second-order valence-corrected chi connectivity index (χ2v) is 6.80. The summed E-state index contributed by atoms with van der Waals surface area (Å²) in [5, 5.41) is 10.1. The predicted molar refractivity (Wildman–Crippen MR) is 89.7 cm³/mol. The molecule has 0 radical (unpaired) electrons. The van der Waals surface area contributed by atoms with Crippen molar-refractivity contribution in [2.45, 2.75) is 31.7 Å². The lowest BCUT2D eigenvalue weighted by atomic mass is 9.92. The zero-order chi connectivity index (χ0) is 11.7. The molecule has 96 valence electrons. The van der Waals surface area contributed by atoms with E-state index in [1.165, 1.54) is 25.7 Å². The van der Waals surface area contributed by atoms with Gasteiger partial charge in [-0.15, -0.1) is 12.4 Å². The smallest absolute Gasteiger partial charge is 0.133 e. The van der Waals surface area contributed by atoms with E-state index >= 15 is 0 Å². The van der Waals surface area contributed by atoms with Crippen molar-refractivity contribution >= 4 is 57.6 Å². The topological polar surface area (TPSA) is 46.2 Å². The molecule has 0 saturated heterocycles. The van der Waals surface area contributed by atoms with E-state index in [1.807, 2.05) is 12.1 Å². The van der Waals surface area contributed by atoms with Crippen LogP contribution in [0.25, 0.3) is 0 Å². The van der Waals surface area contributed by atoms with Gasteiger partial charge in [-0.1, -0.05) is 12.8 Å². The minimum absolute atomic E-state index is 0. The summed E-state index contributed by atoms with van der Waals surface area (Å²) < 4.78 is 2.04. The molecule has 0 heterocycles. The highest BCUT2D eigenvalue weighted by atomic mass is 127. The van der Waals surface area contributed by atoms with Gasteiger partial charge in [-0.2, -0.15) is 0 Å². The standard InChI is InChI=1S/C12H15I2NO.ClH/c13-8-5-9(12(16)10(14)6-8)11(15)7-3-1-2-4-7;/h5-7,11,16H,1-4,15H2;1H/t11-;/m1./s1. The minimum atomic E-state index is -0.00858. The molecule has 1 aromatic carbocycles. The van der Waals surface area contributed by atoms with Gasteiger partial charge < -0.3 is 10.8 Å². The highest BCUT2D eigenvalue weighted by Gasteiger charge is 2.26. The predicted octanol–water partition coefficient (Wildman–Crippen LogP) is 4.21. The molecule has 0 bridgehead atoms. The van der Waals surface area contributed by atoms with Gasteiger partial charge in [0.25, 0.3) is 0 Å². The van der Waals surface area contributed by atoms with Crippen LogP contribution in [0.2, 0.25) is 0 Å². The van der Waals surface area contributed by atoms with Gasteiger partial charge in [-0.3, -0.25) is 0 Å². The number of hydrogen-bond donors (Lipinski definition) is 2. The molecule has 0 aliphatic heterocycles. The number of benzene rings is 1. The maximum absolute atomic E-state index is 10.1. The molecule has 2 rings (SSSR count). The van der Waals surface area contributed by atoms with Crippen molar-refractivity contribution in [2.75, 3.05) is 0 Å². The first-order valence-electron chi connectivity index (χ1n) is 5.53. The van der Waals surface area contributed by atoms with Crippen molar-refractivity contribution < 1.29 is 5.11 Å². The molecule has 5 heteroatoms. The Kier molecular flexibility index (Phi) is 6.29. The first kappa shape index (κ1) is 15.8. The van der Waals surface area contributed by atoms with Crippen LogP contribution in [0.15, 0.2) is 12.1 Å². The van der Waals surface area contributed by atoms with E-state index in [4.69, 9.17) is 5.73 Å². The van der Waals surface area contributed by atoms with Crippen molar-refractivity contribution in [2.24, 2.45) is 11.7 Å². The second kappa shape index (κ2) is 6.77. The number of halogens is 3. The van der Waals surface area contributed by atoms with Gasteiger partial charge in [0.05, 0.1) is 3.57 Å². The third-order valence-electron chi connectivity index (χ3n) is 3.32. The molecule has 0 amide bonds. The lowest BCUT2D eigenvalue weighted by Crippen LogP contribution is -2.19. The van der Waals surface area contributed by atoms with Gasteiger partial charge in [0.2, 0.25) is 0 Å². The zero-order valence-corrected chi connectivity index (χ0v) is 14.5. The number of nitrogens with two attached hydrogens (primary N) is 1. The van der Waals surface area contributed by atoms with Crippen molar-refractivity contribution in [1.29, 1.82) is 0 Å². The van der Waals surface area contributed by atoms with Crippen molar-refractivity contribution in [3.05, 3.63) is 24.8 Å². The van der Waals surface area contributed by atoms with Crippen LogP contribution in [0.3, 0.4) is 0 Å². The van der Waals surface area contributed by atoms with Crippen molar-refractivity contribution in [3.63, 3.8) is 0 Å². The first-order chi connectivity index (χ1) is 7.59. The summed E-state index contributed by atoms with van der Waals surface area (Å²) in [4.78, 5) is 0. The van der Waals surface area contributed by atoms with Gasteiger partial charge >= 0.3 is 0 Å². The molecule has 17 heavy (non-hydrogen) atoms. The molecule has 0 aromatic heterocycles. The lowest BCUT2D eigenvalue weighted by molar-refractivity contribution is 0.410. The number of aromatic hydroxyl groups is 1. The Morgan fingerprint density at radius 1 is 1.24 bits per heavy atom. The van der Waals surface area contributed by atoms with E-state index in [0.717, 1.165) is 12.7 Å². The molecule has 1 fully saturated rings. The average molecular weight is 480 g/mol. The van der Waals surface area contributed by atoms with Crippen LogP contribution >= 0.6 is 57.6 Å². The average Bonchev–Trinajstić information content (AvgIpc) is 2.75. The van der Waals surface area contributed by atoms with E-state index in [9.17, 15) is 5.11 Å². The molecule has 0 unspecified atom stereocenters. The maximum Gasteiger partial charge on any atom is 0.133 e. The summed E-state index contributed by atoms with van der Waals surface area (Å²) in [6.07, 6.45) is 4.95. The fourth-order valence-electron chi connectivity index (χ4n) is 2.41. The molecule has 1 saturated carbocycles. The van der Waals surface area contributed by atoms with Crippen LogP contribution in [-0.4, -0.2) is 5.11 Å². The van der Waals surface area contributed by atoms with Crippen molar-refractivity contribution in [1.82, 2.24) is 0 Å². The van der Waals surface area contributed by atoms with Crippen LogP contribution in [0, 0.1) is 13.1 Å². The summed E-state index contributed by atoms with van der Waals surface area (Å²) in [7, 11) is 0. The molecule has 3 N–H and O–H groups in total. The van der Waals surface area contributed by atoms with Crippen LogP contribution in [0.5, 0.6) is 5.75 Å². The summed E-state index contributed by atoms with van der Waals surface area (Å²) in [5.74, 6) is 0.917. The molecule has 1 atom stereocenters. The third-order valence-corrected chi connectivity index (χ3v) is 4.77. The van der Waals surface area contributed by atoms with Crippen LogP contribution in [0.1, 0.15) is 37.3 Å². The Morgan fingerprint density at radius 3 is 2.41 bits per heavy atom. The van der Waals surface area contributed by atoms with Crippen LogP contribution in [-0.2, 0) is 0 Å². The van der Waals surface area contributed by atoms with Gasteiger partial charge in [-0.25, -0.2) is 0 Å². The number of hydrogen-bond acceptors (Lipinski definition) is 2. The minimum Gasteiger partial charge on any atom is -0.506 e. The fourth-order valence-corrected chi connectivity index (χ4v) is 4.30. The second-order valence-electron chi connectivity index (χ2n) is 4.40. The molecule has 0 spiro atoms. The zero-order valence-electron chi connectivity index (χ0n) is 9.33. The highest BCUT2D eigenvalue weighted by Crippen LogP contribution is 2.39. The van der Waals surface area contributed by atoms with E-state index in [0.29, 0.717) is 11.7 Å². The largest absolute Gasteiger partial charge is 0.506 e. The first-order valence-corrected chi connectivity index (χ1v) is 7.69. The van der Waals surface area contributed by atoms with E-state index in [-0.39, 0.29) is 18.4 Å². The summed E-state index contributed by atoms with van der Waals surface area (Å²) >= 11 is 4.43. The third kappa shape index (κ3) is 3.61. The van der Waals surface area contributed by atoms with E-state index < -0.39 is 0 Å². The van der Waals surface area contributed by atoms with Crippen LogP contribution < -0.4 is 5.73 Å². The molecular weight excluding hydrogens is 463 g/mol.